The topological polar surface area (TPSA) is 24.5 Å². The maximum Gasteiger partial charge on any atom is 0.102 e. The second kappa shape index (κ2) is 3.83. The Hall–Kier alpha value is -0.960. The lowest BCUT2D eigenvalue weighted by Crippen LogP contribution is -2.41. The van der Waals surface area contributed by atoms with E-state index < -0.39 is 0 Å². The van der Waals surface area contributed by atoms with Crippen molar-refractivity contribution in [1.29, 1.82) is 0 Å². The molecule has 1 saturated heterocycles. The summed E-state index contributed by atoms with van der Waals surface area (Å²) >= 11 is 0. The maximum absolute atomic E-state index is 5.31. The fraction of sp³-hybridized carbons (Fsp3) is 0.600. The lowest BCUT2D eigenvalue weighted by atomic mass is 10.2. The minimum Gasteiger partial charge on any atom is -0.378 e. The summed E-state index contributed by atoms with van der Waals surface area (Å²) in [5.41, 5.74) is 1.35. The minimum absolute atomic E-state index is 0.849. The summed E-state index contributed by atoms with van der Waals surface area (Å²) in [4.78, 5) is 2.35. The van der Waals surface area contributed by atoms with Gasteiger partial charge in [-0.1, -0.05) is 6.08 Å². The highest BCUT2D eigenvalue weighted by Crippen LogP contribution is 2.11. The van der Waals surface area contributed by atoms with Gasteiger partial charge in [0.25, 0.3) is 0 Å². The van der Waals surface area contributed by atoms with Crippen molar-refractivity contribution in [1.82, 2.24) is 10.2 Å². The average Bonchev–Trinajstić information content (AvgIpc) is 2.19. The van der Waals surface area contributed by atoms with Gasteiger partial charge in [0.2, 0.25) is 0 Å². The Labute approximate surface area is 79.1 Å². The molecule has 0 bridgehead atoms. The second-order valence-corrected chi connectivity index (χ2v) is 3.46. The molecule has 0 aliphatic carbocycles. The SMILES string of the molecule is CC1=CCNC(N2CCOCC2)=C1. The molecule has 1 N–H and O–H groups in total. The highest BCUT2D eigenvalue weighted by molar-refractivity contribution is 5.25. The van der Waals surface area contributed by atoms with E-state index in [1.54, 1.807) is 0 Å². The van der Waals surface area contributed by atoms with Crippen LogP contribution in [0.3, 0.4) is 0 Å². The molecular formula is C10H16N2O. The van der Waals surface area contributed by atoms with Gasteiger partial charge in [0.1, 0.15) is 5.82 Å². The van der Waals surface area contributed by atoms with E-state index in [1.165, 1.54) is 11.4 Å². The molecule has 0 unspecified atom stereocenters. The molecule has 2 aliphatic heterocycles. The molecule has 0 atom stereocenters. The van der Waals surface area contributed by atoms with Crippen LogP contribution < -0.4 is 5.32 Å². The molecule has 1 fully saturated rings. The van der Waals surface area contributed by atoms with E-state index >= 15 is 0 Å². The summed E-state index contributed by atoms with van der Waals surface area (Å²) in [7, 11) is 0. The summed E-state index contributed by atoms with van der Waals surface area (Å²) in [6.45, 7) is 6.80. The Balaban J connectivity index is 2.02. The number of rotatable bonds is 1. The molecular weight excluding hydrogens is 164 g/mol. The molecule has 0 aromatic carbocycles. The van der Waals surface area contributed by atoms with Gasteiger partial charge in [-0.2, -0.15) is 0 Å². The van der Waals surface area contributed by atoms with Crippen molar-refractivity contribution < 1.29 is 4.74 Å². The molecule has 0 aromatic heterocycles. The Morgan fingerprint density at radius 3 is 2.85 bits per heavy atom. The molecule has 0 amide bonds. The Morgan fingerprint density at radius 2 is 2.15 bits per heavy atom. The fourth-order valence-corrected chi connectivity index (χ4v) is 1.65. The molecule has 0 spiro atoms. The number of hydrogen-bond donors (Lipinski definition) is 1. The zero-order valence-corrected chi connectivity index (χ0v) is 8.05. The third kappa shape index (κ3) is 2.04. The first-order valence-electron chi connectivity index (χ1n) is 4.81. The number of ether oxygens (including phenoxy) is 1. The molecule has 2 aliphatic rings. The predicted molar refractivity (Wildman–Crippen MR) is 52.2 cm³/mol. The van der Waals surface area contributed by atoms with Crippen LogP contribution in [0.4, 0.5) is 0 Å². The van der Waals surface area contributed by atoms with E-state index in [-0.39, 0.29) is 0 Å². The van der Waals surface area contributed by atoms with Crippen LogP contribution in [0.15, 0.2) is 23.5 Å². The summed E-state index contributed by atoms with van der Waals surface area (Å²) in [5.74, 6) is 1.25. The van der Waals surface area contributed by atoms with Crippen molar-refractivity contribution in [2.75, 3.05) is 32.8 Å². The smallest absolute Gasteiger partial charge is 0.102 e. The van der Waals surface area contributed by atoms with Crippen molar-refractivity contribution in [3.63, 3.8) is 0 Å². The molecule has 0 aromatic rings. The van der Waals surface area contributed by atoms with Gasteiger partial charge in [0.15, 0.2) is 0 Å². The molecule has 0 saturated carbocycles. The van der Waals surface area contributed by atoms with Gasteiger partial charge in [0.05, 0.1) is 13.2 Å². The van der Waals surface area contributed by atoms with E-state index in [1.807, 2.05) is 0 Å². The van der Waals surface area contributed by atoms with E-state index in [0.717, 1.165) is 32.8 Å². The average molecular weight is 180 g/mol. The van der Waals surface area contributed by atoms with Gasteiger partial charge < -0.3 is 15.0 Å². The van der Waals surface area contributed by atoms with Crippen molar-refractivity contribution >= 4 is 0 Å². The number of allylic oxidation sites excluding steroid dienone is 2. The zero-order chi connectivity index (χ0) is 9.10. The lowest BCUT2D eigenvalue weighted by Gasteiger charge is -2.32. The van der Waals surface area contributed by atoms with Gasteiger partial charge >= 0.3 is 0 Å². The quantitative estimate of drug-likeness (QED) is 0.643. The molecule has 2 rings (SSSR count). The molecule has 3 heteroatoms. The number of morpholine rings is 1. The van der Waals surface area contributed by atoms with Crippen molar-refractivity contribution in [2.24, 2.45) is 0 Å². The number of nitrogens with zero attached hydrogens (tertiary/aromatic N) is 1. The zero-order valence-electron chi connectivity index (χ0n) is 8.05. The highest BCUT2D eigenvalue weighted by atomic mass is 16.5. The highest BCUT2D eigenvalue weighted by Gasteiger charge is 2.14. The number of nitrogens with one attached hydrogen (secondary N) is 1. The van der Waals surface area contributed by atoms with Gasteiger partial charge in [-0.25, -0.2) is 0 Å². The van der Waals surface area contributed by atoms with Crippen LogP contribution in [-0.2, 0) is 4.74 Å². The van der Waals surface area contributed by atoms with Crippen LogP contribution in [0.2, 0.25) is 0 Å². The van der Waals surface area contributed by atoms with Crippen LogP contribution in [0.1, 0.15) is 6.92 Å². The molecule has 13 heavy (non-hydrogen) atoms. The first-order valence-corrected chi connectivity index (χ1v) is 4.81. The molecule has 0 radical (unpaired) electrons. The first-order chi connectivity index (χ1) is 6.36. The summed E-state index contributed by atoms with van der Waals surface area (Å²) in [5, 5.41) is 3.37. The number of dihydropyridines is 1. The summed E-state index contributed by atoms with van der Waals surface area (Å²) in [6.07, 6.45) is 4.40. The van der Waals surface area contributed by atoms with Crippen LogP contribution >= 0.6 is 0 Å². The van der Waals surface area contributed by atoms with Crippen molar-refractivity contribution in [3.8, 4) is 0 Å². The standard InChI is InChI=1S/C10H16N2O/c1-9-2-3-11-10(8-9)12-4-6-13-7-5-12/h2,8,11H,3-7H2,1H3. The molecule has 72 valence electrons. The van der Waals surface area contributed by atoms with E-state index in [9.17, 15) is 0 Å². The third-order valence-corrected chi connectivity index (χ3v) is 2.42. The van der Waals surface area contributed by atoms with Crippen LogP contribution in [0.5, 0.6) is 0 Å². The van der Waals surface area contributed by atoms with Gasteiger partial charge in [-0.3, -0.25) is 0 Å². The van der Waals surface area contributed by atoms with Gasteiger partial charge in [-0.05, 0) is 18.6 Å². The van der Waals surface area contributed by atoms with Crippen LogP contribution in [0, 0.1) is 0 Å². The normalized spacial score (nSPS) is 23.3. The second-order valence-electron chi connectivity index (χ2n) is 3.46. The van der Waals surface area contributed by atoms with Gasteiger partial charge in [-0.15, -0.1) is 0 Å². The maximum atomic E-state index is 5.31. The Kier molecular flexibility index (Phi) is 2.54. The minimum atomic E-state index is 0.849. The van der Waals surface area contributed by atoms with Crippen LogP contribution in [0.25, 0.3) is 0 Å². The summed E-state index contributed by atoms with van der Waals surface area (Å²) < 4.78 is 5.31. The van der Waals surface area contributed by atoms with Crippen LogP contribution in [-0.4, -0.2) is 37.7 Å². The van der Waals surface area contributed by atoms with Gasteiger partial charge in [0, 0.05) is 19.6 Å². The first kappa shape index (κ1) is 8.63. The Morgan fingerprint density at radius 1 is 1.38 bits per heavy atom. The summed E-state index contributed by atoms with van der Waals surface area (Å²) in [6, 6.07) is 0. The lowest BCUT2D eigenvalue weighted by molar-refractivity contribution is 0.0504. The van der Waals surface area contributed by atoms with Crippen molar-refractivity contribution in [3.05, 3.63) is 23.5 Å². The van der Waals surface area contributed by atoms with Crippen molar-refractivity contribution in [2.45, 2.75) is 6.92 Å². The molecule has 2 heterocycles. The number of hydrogen-bond acceptors (Lipinski definition) is 3. The predicted octanol–water partition coefficient (Wildman–Crippen LogP) is 0.710. The monoisotopic (exact) mass is 180 g/mol. The Bertz CT molecular complexity index is 239. The molecule has 3 nitrogen and oxygen atoms in total. The van der Waals surface area contributed by atoms with E-state index in [0.29, 0.717) is 0 Å². The largest absolute Gasteiger partial charge is 0.378 e. The van der Waals surface area contributed by atoms with E-state index in [4.69, 9.17) is 4.74 Å². The third-order valence-electron chi connectivity index (χ3n) is 2.42. The fourth-order valence-electron chi connectivity index (χ4n) is 1.65. The van der Waals surface area contributed by atoms with E-state index in [2.05, 4.69) is 29.3 Å².